The third-order valence-corrected chi connectivity index (χ3v) is 5.13. The van der Waals surface area contributed by atoms with Crippen molar-refractivity contribution in [1.29, 1.82) is 0 Å². The molecule has 0 aliphatic carbocycles. The van der Waals surface area contributed by atoms with Crippen LogP contribution in [-0.2, 0) is 0 Å². The molecule has 0 aliphatic rings. The van der Waals surface area contributed by atoms with Gasteiger partial charge < -0.3 is 4.57 Å². The Morgan fingerprint density at radius 3 is 2.76 bits per heavy atom. The van der Waals surface area contributed by atoms with E-state index < -0.39 is 0 Å². The van der Waals surface area contributed by atoms with Gasteiger partial charge >= 0.3 is 0 Å². The van der Waals surface area contributed by atoms with E-state index in [0.29, 0.717) is 10.6 Å². The number of aryl methyl sites for hydroxylation is 1. The Morgan fingerprint density at radius 1 is 1.10 bits per heavy atom. The Bertz CT molecular complexity index is 1240. The summed E-state index contributed by atoms with van der Waals surface area (Å²) in [5.74, 6) is -0.345. The van der Waals surface area contributed by atoms with Gasteiger partial charge in [0.2, 0.25) is 0 Å². The van der Waals surface area contributed by atoms with E-state index in [1.807, 2.05) is 38.1 Å². The fraction of sp³-hybridized carbons (Fsp3) is 0.0870. The van der Waals surface area contributed by atoms with E-state index in [0.717, 1.165) is 33.5 Å². The minimum Gasteiger partial charge on any atom is -0.318 e. The minimum atomic E-state index is -0.345. The second kappa shape index (κ2) is 7.89. The molecule has 0 radical (unpaired) electrons. The summed E-state index contributed by atoms with van der Waals surface area (Å²) in [4.78, 5) is 16.6. The molecule has 2 aromatic carbocycles. The number of carbonyl (C=O) groups is 1. The molecule has 0 bridgehead atoms. The summed E-state index contributed by atoms with van der Waals surface area (Å²) in [5.41, 5.74) is 7.97. The maximum Gasteiger partial charge on any atom is 0.272 e. The average molecular weight is 403 g/mol. The first-order valence-corrected chi connectivity index (χ1v) is 9.54. The number of fused-ring (bicyclic) bond motifs is 1. The molecule has 0 atom stereocenters. The molecule has 6 heteroatoms. The van der Waals surface area contributed by atoms with E-state index >= 15 is 0 Å². The zero-order valence-corrected chi connectivity index (χ0v) is 16.8. The highest BCUT2D eigenvalue weighted by atomic mass is 35.5. The molecule has 0 unspecified atom stereocenters. The number of carbonyl (C=O) groups excluding carboxylic acids is 1. The zero-order valence-electron chi connectivity index (χ0n) is 16.1. The number of amides is 1. The Hall–Kier alpha value is -3.44. The van der Waals surface area contributed by atoms with E-state index in [9.17, 15) is 4.79 Å². The van der Waals surface area contributed by atoms with Crippen LogP contribution in [0.25, 0.3) is 16.6 Å². The smallest absolute Gasteiger partial charge is 0.272 e. The molecule has 5 nitrogen and oxygen atoms in total. The lowest BCUT2D eigenvalue weighted by Crippen LogP contribution is -2.18. The molecule has 2 heterocycles. The van der Waals surface area contributed by atoms with Crippen LogP contribution >= 0.6 is 11.6 Å². The average Bonchev–Trinajstić information content (AvgIpc) is 3.01. The first kappa shape index (κ1) is 18.9. The summed E-state index contributed by atoms with van der Waals surface area (Å²) < 4.78 is 2.16. The van der Waals surface area contributed by atoms with E-state index in [2.05, 4.69) is 32.2 Å². The molecule has 0 aliphatic heterocycles. The molecular weight excluding hydrogens is 384 g/mol. The van der Waals surface area contributed by atoms with E-state index in [1.165, 1.54) is 0 Å². The maximum atomic E-state index is 12.2. The van der Waals surface area contributed by atoms with Crippen LogP contribution in [0.4, 0.5) is 0 Å². The summed E-state index contributed by atoms with van der Waals surface area (Å²) in [6, 6.07) is 19.1. The van der Waals surface area contributed by atoms with Gasteiger partial charge in [-0.05, 0) is 56.3 Å². The molecule has 0 saturated carbocycles. The number of nitrogens with one attached hydrogen (secondary N) is 1. The first-order chi connectivity index (χ1) is 14.0. The number of benzene rings is 2. The second-order valence-electron chi connectivity index (χ2n) is 6.72. The van der Waals surface area contributed by atoms with Gasteiger partial charge in [0.15, 0.2) is 0 Å². The molecule has 0 saturated heterocycles. The highest BCUT2D eigenvalue weighted by Gasteiger charge is 2.11. The van der Waals surface area contributed by atoms with Crippen molar-refractivity contribution in [2.45, 2.75) is 13.8 Å². The third-order valence-electron chi connectivity index (χ3n) is 4.80. The molecule has 144 valence electrons. The fourth-order valence-corrected chi connectivity index (χ4v) is 3.61. The number of hydrogen-bond acceptors (Lipinski definition) is 3. The molecule has 1 N–H and O–H groups in total. The van der Waals surface area contributed by atoms with Gasteiger partial charge in [0.1, 0.15) is 0 Å². The van der Waals surface area contributed by atoms with Gasteiger partial charge in [-0.2, -0.15) is 5.10 Å². The number of rotatable bonds is 4. The van der Waals surface area contributed by atoms with Gasteiger partial charge in [0, 0.05) is 34.2 Å². The van der Waals surface area contributed by atoms with Crippen LogP contribution in [-0.4, -0.2) is 21.7 Å². The van der Waals surface area contributed by atoms with Gasteiger partial charge in [0.25, 0.3) is 5.91 Å². The maximum absolute atomic E-state index is 12.2. The highest BCUT2D eigenvalue weighted by molar-refractivity contribution is 6.33. The van der Waals surface area contributed by atoms with Crippen LogP contribution in [0, 0.1) is 13.8 Å². The Morgan fingerprint density at radius 2 is 1.93 bits per heavy atom. The lowest BCUT2D eigenvalue weighted by atomic mass is 10.2. The monoisotopic (exact) mass is 402 g/mol. The molecule has 0 spiro atoms. The van der Waals surface area contributed by atoms with Crippen LogP contribution in [0.2, 0.25) is 5.02 Å². The van der Waals surface area contributed by atoms with Crippen LogP contribution in [0.15, 0.2) is 72.0 Å². The number of hydrogen-bond donors (Lipinski definition) is 1. The predicted octanol–water partition coefficient (Wildman–Crippen LogP) is 5.06. The summed E-state index contributed by atoms with van der Waals surface area (Å²) >= 11 is 6.05. The van der Waals surface area contributed by atoms with Gasteiger partial charge in [-0.25, -0.2) is 5.43 Å². The zero-order chi connectivity index (χ0) is 20.4. The Labute approximate surface area is 173 Å². The van der Waals surface area contributed by atoms with Crippen molar-refractivity contribution in [3.8, 4) is 5.69 Å². The van der Waals surface area contributed by atoms with Gasteiger partial charge in [-0.3, -0.25) is 9.78 Å². The number of halogens is 1. The number of nitrogens with zero attached hydrogens (tertiary/aromatic N) is 3. The van der Waals surface area contributed by atoms with Gasteiger partial charge in [-0.15, -0.1) is 0 Å². The fourth-order valence-electron chi connectivity index (χ4n) is 3.38. The van der Waals surface area contributed by atoms with Crippen LogP contribution in [0.5, 0.6) is 0 Å². The van der Waals surface area contributed by atoms with Crippen LogP contribution in [0.1, 0.15) is 27.3 Å². The van der Waals surface area contributed by atoms with Gasteiger partial charge in [-0.1, -0.05) is 29.8 Å². The molecular formula is C23H19ClN4O. The van der Waals surface area contributed by atoms with Crippen molar-refractivity contribution >= 4 is 34.6 Å². The van der Waals surface area contributed by atoms with E-state index in [-0.39, 0.29) is 5.91 Å². The number of pyridine rings is 1. The standard InChI is InChI=1S/C23H19ClN4O/c1-15-12-18(14-26-27-23(29)20-7-3-4-8-21(20)24)16(2)28(15)19-9-10-22-17(13-19)6-5-11-25-22/h3-14H,1-2H3,(H,27,29)/b26-14-. The lowest BCUT2D eigenvalue weighted by Gasteiger charge is -2.10. The molecule has 4 rings (SSSR count). The second-order valence-corrected chi connectivity index (χ2v) is 7.13. The molecule has 4 aromatic rings. The van der Waals surface area contributed by atoms with Crippen molar-refractivity contribution in [2.75, 3.05) is 0 Å². The van der Waals surface area contributed by atoms with Crippen LogP contribution in [0.3, 0.4) is 0 Å². The van der Waals surface area contributed by atoms with Gasteiger partial charge in [0.05, 0.1) is 22.3 Å². The summed E-state index contributed by atoms with van der Waals surface area (Å²) in [6.45, 7) is 4.07. The van der Waals surface area contributed by atoms with Crippen molar-refractivity contribution in [3.05, 3.63) is 94.4 Å². The van der Waals surface area contributed by atoms with Crippen molar-refractivity contribution in [3.63, 3.8) is 0 Å². The molecule has 29 heavy (non-hydrogen) atoms. The quantitative estimate of drug-likeness (QED) is 0.383. The number of aromatic nitrogens is 2. The normalized spacial score (nSPS) is 11.3. The largest absolute Gasteiger partial charge is 0.318 e. The van der Waals surface area contributed by atoms with Crippen molar-refractivity contribution < 1.29 is 4.79 Å². The molecule has 2 aromatic heterocycles. The molecule has 0 fully saturated rings. The highest BCUT2D eigenvalue weighted by Crippen LogP contribution is 2.23. The predicted molar refractivity (Wildman–Crippen MR) is 117 cm³/mol. The first-order valence-electron chi connectivity index (χ1n) is 9.16. The molecule has 1 amide bonds. The lowest BCUT2D eigenvalue weighted by molar-refractivity contribution is 0.0955. The third kappa shape index (κ3) is 3.77. The Balaban J connectivity index is 1.59. The van der Waals surface area contributed by atoms with Crippen molar-refractivity contribution in [2.24, 2.45) is 5.10 Å². The SMILES string of the molecule is Cc1cc(/C=N\NC(=O)c2ccccc2Cl)c(C)n1-c1ccc2ncccc2c1. The summed E-state index contributed by atoms with van der Waals surface area (Å²) in [5, 5.41) is 5.59. The minimum absolute atomic E-state index is 0.345. The van der Waals surface area contributed by atoms with Crippen molar-refractivity contribution in [1.82, 2.24) is 15.0 Å². The topological polar surface area (TPSA) is 59.3 Å². The number of hydrazone groups is 1. The van der Waals surface area contributed by atoms with Crippen LogP contribution < -0.4 is 5.43 Å². The van der Waals surface area contributed by atoms with E-state index in [4.69, 9.17) is 11.6 Å². The van der Waals surface area contributed by atoms with E-state index in [1.54, 1.807) is 36.7 Å². The summed E-state index contributed by atoms with van der Waals surface area (Å²) in [6.07, 6.45) is 3.44. The summed E-state index contributed by atoms with van der Waals surface area (Å²) in [7, 11) is 0. The Kier molecular flexibility index (Phi) is 5.14.